The molecule has 0 spiro atoms. The van der Waals surface area contributed by atoms with Gasteiger partial charge in [-0.1, -0.05) is 192 Å². The number of carbonyl (C=O) groups is 6. The van der Waals surface area contributed by atoms with E-state index in [9.17, 15) is 42.3 Å². The fraction of sp³-hybridized carbons (Fsp3) is 0.139. The first-order chi connectivity index (χ1) is 48.5. The summed E-state index contributed by atoms with van der Waals surface area (Å²) >= 11 is 0. The number of esters is 6. The second-order valence-electron chi connectivity index (χ2n) is 22.8. The smallest absolute Gasteiger partial charge is 0.338 e. The summed E-state index contributed by atoms with van der Waals surface area (Å²) in [5.74, 6) is -4.83. The Labute approximate surface area is 573 Å². The van der Waals surface area contributed by atoms with Crippen molar-refractivity contribution in [1.82, 2.24) is 0 Å². The molecule has 21 heteroatoms. The fourth-order valence-electron chi connectivity index (χ4n) is 11.0. The van der Waals surface area contributed by atoms with Crippen molar-refractivity contribution in [3.8, 4) is 0 Å². The molecule has 0 heterocycles. The largest absolute Gasteiger partial charge is 0.459 e. The number of fused-ring (bicyclic) bond motifs is 6. The van der Waals surface area contributed by atoms with Gasteiger partial charge in [0.1, 0.15) is 33.5 Å². The van der Waals surface area contributed by atoms with Crippen LogP contribution in [0.1, 0.15) is 62.1 Å². The highest BCUT2D eigenvalue weighted by atomic mass is 32.2. The Balaban J connectivity index is 0.000000202. The average Bonchev–Trinajstić information content (AvgIpc) is 0.831. The van der Waals surface area contributed by atoms with Crippen LogP contribution in [0.15, 0.2) is 265 Å². The first-order valence-corrected chi connectivity index (χ1v) is 33.1. The minimum absolute atomic E-state index is 0.109. The van der Waals surface area contributed by atoms with Gasteiger partial charge in [-0.3, -0.25) is 4.18 Å². The Morgan fingerprint density at radius 1 is 0.350 bits per heavy atom. The second kappa shape index (κ2) is 32.3. The van der Waals surface area contributed by atoms with E-state index in [2.05, 4.69) is 10.3 Å². The quantitative estimate of drug-likeness (QED) is 0.0194. The van der Waals surface area contributed by atoms with E-state index in [1.54, 1.807) is 103 Å². The lowest BCUT2D eigenvalue weighted by atomic mass is 10.1. The standard InChI is InChI=1S/C40H33NO10S.C39H31NO8/c1-47-41-24-35(49-39(43)33-19-16-27-10-4-7-13-30(27)22-33)37(50-40(44)34-20-17-28-11-5-8-14-31(28)23-34)36(51-52(2,45)46)25-48-38(42)32-18-15-26-9-3-6-12-29(26)21-32;1-45-40-23-35(47-38(43)32-18-15-26-9-3-6-12-29(26)21-32)36(48-39(44)33-19-16-27-10-4-7-13-30(27)22-33)34(41)24-46-37(42)31-17-14-25-8-2-5-11-28(25)20-31/h3-24,35-37H,25H2,1-2H3;2-23,34-36,41H,24H2,1H3/b41-24+;40-23+/t35-,36-,37+;34-,35-,36-/m00/s1. The van der Waals surface area contributed by atoms with Gasteiger partial charge < -0.3 is 43.2 Å². The lowest BCUT2D eigenvalue weighted by Gasteiger charge is -2.30. The molecule has 0 unspecified atom stereocenters. The highest BCUT2D eigenvalue weighted by Crippen LogP contribution is 2.27. The van der Waals surface area contributed by atoms with E-state index in [4.69, 9.17) is 42.3 Å². The predicted molar refractivity (Wildman–Crippen MR) is 378 cm³/mol. The number of aliphatic hydroxyl groups excluding tert-OH is 1. The summed E-state index contributed by atoms with van der Waals surface area (Å²) in [6, 6.07) is 74.5. The van der Waals surface area contributed by atoms with Crippen molar-refractivity contribution in [3.63, 3.8) is 0 Å². The number of rotatable bonds is 24. The van der Waals surface area contributed by atoms with Crippen molar-refractivity contribution < 1.29 is 84.6 Å². The maximum atomic E-state index is 13.8. The number of aliphatic hydroxyl groups is 1. The van der Waals surface area contributed by atoms with Crippen molar-refractivity contribution in [3.05, 3.63) is 288 Å². The molecule has 0 radical (unpaired) electrons. The van der Waals surface area contributed by atoms with Crippen LogP contribution in [0, 0.1) is 0 Å². The monoisotopic (exact) mass is 1360 g/mol. The van der Waals surface area contributed by atoms with Crippen LogP contribution in [-0.4, -0.2) is 132 Å². The van der Waals surface area contributed by atoms with Crippen LogP contribution in [0.3, 0.4) is 0 Å². The molecule has 12 aromatic carbocycles. The van der Waals surface area contributed by atoms with E-state index in [0.29, 0.717) is 0 Å². The van der Waals surface area contributed by atoms with E-state index in [-0.39, 0.29) is 33.4 Å². The number of nitrogens with zero attached hydrogens (tertiary/aromatic N) is 2. The maximum absolute atomic E-state index is 13.8. The SMILES string of the molecule is CO/N=C/[C@H](OC(=O)c1ccc2ccccc2c1)[C@@H](OC(=O)c1ccc2ccccc2c1)[C@@H](O)COC(=O)c1ccc2ccccc2c1.CO/N=C/[C@H](OC(=O)c1ccc2ccccc2c1)[C@@H](OC(=O)c1ccc2ccccc2c1)[C@H](COC(=O)c1ccc2ccccc2c1)OS(C)(=O)=O. The minimum atomic E-state index is -4.30. The van der Waals surface area contributed by atoms with Gasteiger partial charge in [0.15, 0.2) is 30.5 Å². The van der Waals surface area contributed by atoms with E-state index in [1.165, 1.54) is 20.3 Å². The summed E-state index contributed by atoms with van der Waals surface area (Å²) in [7, 11) is -1.77. The molecule has 1 N–H and O–H groups in total. The van der Waals surface area contributed by atoms with Crippen LogP contribution in [0.2, 0.25) is 0 Å². The van der Waals surface area contributed by atoms with Crippen molar-refractivity contribution in [2.75, 3.05) is 33.7 Å². The van der Waals surface area contributed by atoms with Crippen LogP contribution in [-0.2, 0) is 52.4 Å². The summed E-state index contributed by atoms with van der Waals surface area (Å²) in [4.78, 5) is 90.4. The fourth-order valence-corrected chi connectivity index (χ4v) is 11.6. The van der Waals surface area contributed by atoms with E-state index in [0.717, 1.165) is 83.3 Å². The summed E-state index contributed by atoms with van der Waals surface area (Å²) < 4.78 is 65.0. The van der Waals surface area contributed by atoms with Gasteiger partial charge in [-0.15, -0.1) is 0 Å². The topological polar surface area (TPSA) is 265 Å². The number of oxime groups is 2. The number of carbonyl (C=O) groups excluding carboxylic acids is 6. The van der Waals surface area contributed by atoms with Gasteiger partial charge in [0, 0.05) is 0 Å². The molecular formula is C79H64N2O18S. The van der Waals surface area contributed by atoms with Gasteiger partial charge >= 0.3 is 35.8 Å². The van der Waals surface area contributed by atoms with Gasteiger partial charge in [0.05, 0.1) is 52.1 Å². The molecule has 0 saturated heterocycles. The molecule has 12 rings (SSSR count). The molecule has 504 valence electrons. The summed E-state index contributed by atoms with van der Waals surface area (Å²) in [5.41, 5.74) is 1.13. The molecule has 0 aliphatic carbocycles. The molecule has 100 heavy (non-hydrogen) atoms. The minimum Gasteiger partial charge on any atom is -0.459 e. The van der Waals surface area contributed by atoms with Gasteiger partial charge in [0.2, 0.25) is 0 Å². The molecule has 0 saturated carbocycles. The van der Waals surface area contributed by atoms with Gasteiger partial charge in [-0.05, 0) is 137 Å². The molecular weight excluding hydrogens is 1300 g/mol. The van der Waals surface area contributed by atoms with Gasteiger partial charge in [-0.25, -0.2) is 28.8 Å². The molecule has 0 aromatic heterocycles. The van der Waals surface area contributed by atoms with Gasteiger partial charge in [-0.2, -0.15) is 8.42 Å². The highest BCUT2D eigenvalue weighted by molar-refractivity contribution is 7.86. The number of benzene rings is 12. The zero-order valence-corrected chi connectivity index (χ0v) is 54.8. The van der Waals surface area contributed by atoms with E-state index >= 15 is 0 Å². The van der Waals surface area contributed by atoms with Crippen LogP contribution < -0.4 is 0 Å². The lowest BCUT2D eigenvalue weighted by molar-refractivity contribution is -0.0784. The Hall–Kier alpha value is -12.2. The first kappa shape index (κ1) is 69.2. The third kappa shape index (κ3) is 17.7. The van der Waals surface area contributed by atoms with Crippen molar-refractivity contribution in [1.29, 1.82) is 0 Å². The zero-order valence-electron chi connectivity index (χ0n) is 54.0. The van der Waals surface area contributed by atoms with E-state index in [1.807, 2.05) is 146 Å². The molecule has 0 bridgehead atoms. The molecule has 12 aromatic rings. The van der Waals surface area contributed by atoms with Gasteiger partial charge in [0.25, 0.3) is 10.1 Å². The maximum Gasteiger partial charge on any atom is 0.338 e. The Morgan fingerprint density at radius 2 is 0.600 bits per heavy atom. The number of hydrogen-bond acceptors (Lipinski definition) is 20. The predicted octanol–water partition coefficient (Wildman–Crippen LogP) is 13.5. The lowest BCUT2D eigenvalue weighted by Crippen LogP contribution is -2.48. The molecule has 20 nitrogen and oxygen atoms in total. The highest BCUT2D eigenvalue weighted by Gasteiger charge is 2.41. The molecule has 0 aliphatic rings. The average molecular weight is 1360 g/mol. The van der Waals surface area contributed by atoms with Crippen LogP contribution >= 0.6 is 0 Å². The third-order valence-electron chi connectivity index (χ3n) is 16.0. The normalized spacial score (nSPS) is 13.3. The van der Waals surface area contributed by atoms with E-state index < -0.39 is 95.8 Å². The molecule has 0 amide bonds. The second-order valence-corrected chi connectivity index (χ2v) is 24.4. The Bertz CT molecular complexity index is 5190. The number of hydrogen-bond donors (Lipinski definition) is 1. The summed E-state index contributed by atoms with van der Waals surface area (Å²) in [5, 5.41) is 29.1. The first-order valence-electron chi connectivity index (χ1n) is 31.3. The third-order valence-corrected chi connectivity index (χ3v) is 16.6. The Morgan fingerprint density at radius 3 is 0.890 bits per heavy atom. The van der Waals surface area contributed by atoms with Crippen molar-refractivity contribution >= 4 is 123 Å². The van der Waals surface area contributed by atoms with Crippen molar-refractivity contribution in [2.24, 2.45) is 10.3 Å². The van der Waals surface area contributed by atoms with Crippen LogP contribution in [0.5, 0.6) is 0 Å². The zero-order chi connectivity index (χ0) is 70.1. The Kier molecular flexibility index (Phi) is 22.3. The summed E-state index contributed by atoms with van der Waals surface area (Å²) in [6.45, 7) is -1.33. The summed E-state index contributed by atoms with van der Waals surface area (Å²) in [6.07, 6.45) is -6.78. The number of ether oxygens (including phenoxy) is 6. The van der Waals surface area contributed by atoms with Crippen LogP contribution in [0.25, 0.3) is 64.6 Å². The van der Waals surface area contributed by atoms with Crippen molar-refractivity contribution in [2.45, 2.75) is 36.6 Å². The molecule has 0 aliphatic heterocycles. The molecule has 0 fully saturated rings. The molecule has 6 atom stereocenters. The van der Waals surface area contributed by atoms with Crippen LogP contribution in [0.4, 0.5) is 0 Å².